The van der Waals surface area contributed by atoms with E-state index in [4.69, 9.17) is 4.42 Å². The summed E-state index contributed by atoms with van der Waals surface area (Å²) in [5.41, 5.74) is 4.09. The third-order valence-electron chi connectivity index (χ3n) is 4.34. The number of fused-ring (bicyclic) bond motifs is 2. The number of anilines is 1. The first kappa shape index (κ1) is 17.0. The summed E-state index contributed by atoms with van der Waals surface area (Å²) in [6.45, 7) is 5.75. The van der Waals surface area contributed by atoms with Crippen LogP contribution in [-0.2, 0) is 11.2 Å². The summed E-state index contributed by atoms with van der Waals surface area (Å²) < 4.78 is 6.91. The monoisotopic (exact) mass is 362 g/mol. The summed E-state index contributed by atoms with van der Waals surface area (Å²) in [4.78, 5) is 28.7. The van der Waals surface area contributed by atoms with Gasteiger partial charge in [-0.3, -0.25) is 4.79 Å². The molecule has 0 radical (unpaired) electrons. The molecule has 0 saturated carbocycles. The molecule has 4 aromatic rings. The second-order valence-corrected chi connectivity index (χ2v) is 6.65. The Morgan fingerprint density at radius 2 is 1.96 bits per heavy atom. The highest BCUT2D eigenvalue weighted by molar-refractivity contribution is 5.94. The molecule has 0 aliphatic rings. The lowest BCUT2D eigenvalue weighted by Crippen LogP contribution is -2.16. The van der Waals surface area contributed by atoms with E-state index in [0.717, 1.165) is 22.3 Å². The van der Waals surface area contributed by atoms with E-state index < -0.39 is 5.63 Å². The van der Waals surface area contributed by atoms with Crippen LogP contribution in [0.4, 0.5) is 5.82 Å². The molecular weight excluding hydrogens is 344 g/mol. The number of carbonyl (C=O) groups is 1. The van der Waals surface area contributed by atoms with E-state index in [1.165, 1.54) is 6.07 Å². The average molecular weight is 362 g/mol. The van der Waals surface area contributed by atoms with Crippen molar-refractivity contribution in [3.8, 4) is 0 Å². The molecule has 1 N–H and O–H groups in total. The SMILES string of the molecule is Cc1ccc2c(CC(=O)Nc3cc4nc(C)cc(C)n4n3)cc(=O)oc2c1. The molecule has 4 rings (SSSR count). The Morgan fingerprint density at radius 3 is 2.78 bits per heavy atom. The van der Waals surface area contributed by atoms with Crippen LogP contribution >= 0.6 is 0 Å². The molecule has 0 spiro atoms. The molecule has 0 aliphatic heterocycles. The number of hydrogen-bond donors (Lipinski definition) is 1. The van der Waals surface area contributed by atoms with Crippen LogP contribution < -0.4 is 10.9 Å². The largest absolute Gasteiger partial charge is 0.423 e. The van der Waals surface area contributed by atoms with E-state index in [-0.39, 0.29) is 12.3 Å². The summed E-state index contributed by atoms with van der Waals surface area (Å²) in [5, 5.41) is 7.90. The topological polar surface area (TPSA) is 89.5 Å². The van der Waals surface area contributed by atoms with Crippen LogP contribution in [0.15, 0.2) is 45.6 Å². The highest BCUT2D eigenvalue weighted by Crippen LogP contribution is 2.19. The molecule has 3 aromatic heterocycles. The van der Waals surface area contributed by atoms with Crippen LogP contribution in [0.1, 0.15) is 22.5 Å². The van der Waals surface area contributed by atoms with Crippen molar-refractivity contribution in [2.24, 2.45) is 0 Å². The van der Waals surface area contributed by atoms with Gasteiger partial charge in [0.15, 0.2) is 11.5 Å². The van der Waals surface area contributed by atoms with Gasteiger partial charge in [-0.15, -0.1) is 5.10 Å². The zero-order valence-corrected chi connectivity index (χ0v) is 15.2. The summed E-state index contributed by atoms with van der Waals surface area (Å²) in [7, 11) is 0. The molecule has 136 valence electrons. The van der Waals surface area contributed by atoms with Crippen LogP contribution in [0, 0.1) is 20.8 Å². The first-order valence-electron chi connectivity index (χ1n) is 8.56. The van der Waals surface area contributed by atoms with Gasteiger partial charge in [0.25, 0.3) is 0 Å². The summed E-state index contributed by atoms with van der Waals surface area (Å²) in [6.07, 6.45) is 0.0461. The quantitative estimate of drug-likeness (QED) is 0.566. The van der Waals surface area contributed by atoms with Gasteiger partial charge in [0, 0.05) is 28.9 Å². The summed E-state index contributed by atoms with van der Waals surface area (Å²) in [5.74, 6) is 0.157. The molecule has 0 saturated heterocycles. The molecule has 3 heterocycles. The minimum atomic E-state index is -0.473. The van der Waals surface area contributed by atoms with Gasteiger partial charge in [-0.2, -0.15) is 0 Å². The number of amides is 1. The van der Waals surface area contributed by atoms with E-state index in [9.17, 15) is 9.59 Å². The van der Waals surface area contributed by atoms with Crippen molar-refractivity contribution < 1.29 is 9.21 Å². The molecular formula is C20H18N4O3. The number of aryl methyl sites for hydroxylation is 3. The Hall–Kier alpha value is -3.48. The lowest BCUT2D eigenvalue weighted by Gasteiger charge is -2.06. The van der Waals surface area contributed by atoms with Crippen molar-refractivity contribution in [2.75, 3.05) is 5.32 Å². The van der Waals surface area contributed by atoms with E-state index in [1.54, 1.807) is 16.6 Å². The maximum atomic E-state index is 12.5. The first-order chi connectivity index (χ1) is 12.9. The molecule has 0 atom stereocenters. The lowest BCUT2D eigenvalue weighted by atomic mass is 10.1. The number of nitrogens with zero attached hydrogens (tertiary/aromatic N) is 3. The minimum Gasteiger partial charge on any atom is -0.423 e. The van der Waals surface area contributed by atoms with Gasteiger partial charge in [-0.25, -0.2) is 14.3 Å². The van der Waals surface area contributed by atoms with Crippen LogP contribution in [0.25, 0.3) is 16.6 Å². The van der Waals surface area contributed by atoms with Crippen LogP contribution in [-0.4, -0.2) is 20.5 Å². The predicted molar refractivity (Wildman–Crippen MR) is 102 cm³/mol. The molecule has 0 bridgehead atoms. The molecule has 0 unspecified atom stereocenters. The van der Waals surface area contributed by atoms with Crippen molar-refractivity contribution in [2.45, 2.75) is 27.2 Å². The highest BCUT2D eigenvalue weighted by atomic mass is 16.4. The Morgan fingerprint density at radius 1 is 1.15 bits per heavy atom. The Balaban J connectivity index is 1.63. The molecule has 0 aliphatic carbocycles. The van der Waals surface area contributed by atoms with Crippen molar-refractivity contribution in [1.29, 1.82) is 0 Å². The number of carbonyl (C=O) groups excluding carboxylic acids is 1. The zero-order chi connectivity index (χ0) is 19.1. The second-order valence-electron chi connectivity index (χ2n) is 6.65. The number of rotatable bonds is 3. The summed E-state index contributed by atoms with van der Waals surface area (Å²) in [6, 6.07) is 10.6. The van der Waals surface area contributed by atoms with E-state index in [0.29, 0.717) is 22.6 Å². The molecule has 27 heavy (non-hydrogen) atoms. The average Bonchev–Trinajstić information content (AvgIpc) is 2.96. The first-order valence-corrected chi connectivity index (χ1v) is 8.56. The third-order valence-corrected chi connectivity index (χ3v) is 4.34. The predicted octanol–water partition coefficient (Wildman–Crippen LogP) is 2.94. The lowest BCUT2D eigenvalue weighted by molar-refractivity contribution is -0.115. The van der Waals surface area contributed by atoms with Crippen molar-refractivity contribution in [3.63, 3.8) is 0 Å². The number of hydrogen-bond acceptors (Lipinski definition) is 5. The van der Waals surface area contributed by atoms with Gasteiger partial charge in [0.2, 0.25) is 5.91 Å². The maximum absolute atomic E-state index is 12.5. The fourth-order valence-electron chi connectivity index (χ4n) is 3.19. The number of nitrogens with one attached hydrogen (secondary N) is 1. The molecule has 0 fully saturated rings. The van der Waals surface area contributed by atoms with Crippen molar-refractivity contribution in [3.05, 3.63) is 69.3 Å². The van der Waals surface area contributed by atoms with Gasteiger partial charge in [-0.05, 0) is 44.0 Å². The van der Waals surface area contributed by atoms with Crippen molar-refractivity contribution in [1.82, 2.24) is 14.6 Å². The standard InChI is InChI=1S/C20H18N4O3/c1-11-4-5-15-14(9-20(26)27-16(15)6-11)8-19(25)22-17-10-18-21-12(2)7-13(3)24(18)23-17/h4-7,9-10H,8H2,1-3H3,(H,22,23,25). The Kier molecular flexibility index (Phi) is 3.99. The van der Waals surface area contributed by atoms with E-state index in [1.807, 2.05) is 39.0 Å². The van der Waals surface area contributed by atoms with Crippen LogP contribution in [0.3, 0.4) is 0 Å². The molecule has 7 nitrogen and oxygen atoms in total. The normalized spacial score (nSPS) is 11.2. The second kappa shape index (κ2) is 6.35. The fourth-order valence-corrected chi connectivity index (χ4v) is 3.19. The molecule has 1 amide bonds. The number of benzene rings is 1. The Bertz CT molecular complexity index is 1250. The van der Waals surface area contributed by atoms with Crippen LogP contribution in [0.5, 0.6) is 0 Å². The Labute approximate surface area is 154 Å². The highest BCUT2D eigenvalue weighted by Gasteiger charge is 2.13. The van der Waals surface area contributed by atoms with E-state index >= 15 is 0 Å². The van der Waals surface area contributed by atoms with Gasteiger partial charge in [0.05, 0.1) is 6.42 Å². The van der Waals surface area contributed by atoms with Gasteiger partial charge in [-0.1, -0.05) is 12.1 Å². The maximum Gasteiger partial charge on any atom is 0.336 e. The minimum absolute atomic E-state index is 0.0461. The van der Waals surface area contributed by atoms with Gasteiger partial charge in [0.1, 0.15) is 5.58 Å². The van der Waals surface area contributed by atoms with Gasteiger partial charge < -0.3 is 9.73 Å². The third kappa shape index (κ3) is 3.31. The molecule has 7 heteroatoms. The van der Waals surface area contributed by atoms with Crippen molar-refractivity contribution >= 4 is 28.3 Å². The zero-order valence-electron chi connectivity index (χ0n) is 15.2. The number of aromatic nitrogens is 3. The van der Waals surface area contributed by atoms with E-state index in [2.05, 4.69) is 15.4 Å². The summed E-state index contributed by atoms with van der Waals surface area (Å²) >= 11 is 0. The fraction of sp³-hybridized carbons (Fsp3) is 0.200. The smallest absolute Gasteiger partial charge is 0.336 e. The molecule has 1 aromatic carbocycles. The van der Waals surface area contributed by atoms with Crippen LogP contribution in [0.2, 0.25) is 0 Å². The van der Waals surface area contributed by atoms with Gasteiger partial charge >= 0.3 is 5.63 Å².